The predicted octanol–water partition coefficient (Wildman–Crippen LogP) is 1.98. The van der Waals surface area contributed by atoms with E-state index in [9.17, 15) is 0 Å². The summed E-state index contributed by atoms with van der Waals surface area (Å²) in [7, 11) is 0. The van der Waals surface area contributed by atoms with Crippen LogP contribution in [0.1, 0.15) is 25.7 Å². The van der Waals surface area contributed by atoms with Crippen LogP contribution < -0.4 is 0 Å². The van der Waals surface area contributed by atoms with Gasteiger partial charge in [0.05, 0.1) is 6.10 Å². The molecule has 0 unspecified atom stereocenters. The summed E-state index contributed by atoms with van der Waals surface area (Å²) in [5, 5.41) is 0. The lowest BCUT2D eigenvalue weighted by Crippen LogP contribution is -2.45. The largest absolute Gasteiger partial charge is 0.312 e. The molecular formula is C8H14INO. The first-order chi connectivity index (χ1) is 5.40. The van der Waals surface area contributed by atoms with Crippen molar-refractivity contribution in [3.63, 3.8) is 0 Å². The van der Waals surface area contributed by atoms with Gasteiger partial charge >= 0.3 is 0 Å². The van der Waals surface area contributed by atoms with Gasteiger partial charge in [0.2, 0.25) is 0 Å². The molecule has 1 aliphatic carbocycles. The van der Waals surface area contributed by atoms with Gasteiger partial charge in [0.15, 0.2) is 0 Å². The number of hydrogen-bond acceptors (Lipinski definition) is 2. The van der Waals surface area contributed by atoms with Gasteiger partial charge in [-0.1, -0.05) is 0 Å². The zero-order chi connectivity index (χ0) is 7.68. The zero-order valence-corrected chi connectivity index (χ0v) is 8.79. The van der Waals surface area contributed by atoms with Crippen molar-refractivity contribution in [2.24, 2.45) is 0 Å². The van der Waals surface area contributed by atoms with Crippen LogP contribution in [-0.4, -0.2) is 30.1 Å². The molecule has 0 aromatic rings. The molecule has 2 nitrogen and oxygen atoms in total. The number of likely N-dealkylation sites (tertiary alicyclic amines) is 1. The highest BCUT2D eigenvalue weighted by molar-refractivity contribution is 14.1. The van der Waals surface area contributed by atoms with Crippen molar-refractivity contribution < 1.29 is 3.07 Å². The average Bonchev–Trinajstić information content (AvgIpc) is 2.37. The first-order valence-electron chi connectivity index (χ1n) is 4.41. The van der Waals surface area contributed by atoms with E-state index in [2.05, 4.69) is 4.90 Å². The second kappa shape index (κ2) is 3.58. The van der Waals surface area contributed by atoms with Gasteiger partial charge < -0.3 is 7.97 Å². The van der Waals surface area contributed by atoms with Crippen LogP contribution in [0, 0.1) is 0 Å². The molecule has 2 rings (SSSR count). The van der Waals surface area contributed by atoms with Gasteiger partial charge in [-0.15, -0.1) is 0 Å². The zero-order valence-electron chi connectivity index (χ0n) is 6.63. The predicted molar refractivity (Wildman–Crippen MR) is 52.7 cm³/mol. The molecule has 64 valence electrons. The minimum atomic E-state index is 0.557. The average molecular weight is 267 g/mol. The van der Waals surface area contributed by atoms with Crippen LogP contribution in [0.2, 0.25) is 0 Å². The Bertz CT molecular complexity index is 130. The van der Waals surface area contributed by atoms with Gasteiger partial charge in [0.25, 0.3) is 0 Å². The Morgan fingerprint density at radius 2 is 1.82 bits per heavy atom. The van der Waals surface area contributed by atoms with Crippen LogP contribution in [0.5, 0.6) is 0 Å². The molecule has 0 bridgehead atoms. The highest BCUT2D eigenvalue weighted by atomic mass is 127. The Labute approximate surface area is 82.0 Å². The van der Waals surface area contributed by atoms with Gasteiger partial charge in [-0.05, 0) is 38.8 Å². The quantitative estimate of drug-likeness (QED) is 0.709. The highest BCUT2D eigenvalue weighted by Gasteiger charge is 2.34. The number of nitrogens with zero attached hydrogens (tertiary/aromatic N) is 1. The fraction of sp³-hybridized carbons (Fsp3) is 1.00. The molecule has 3 heteroatoms. The van der Waals surface area contributed by atoms with E-state index in [0.29, 0.717) is 6.10 Å². The fourth-order valence-corrected chi connectivity index (χ4v) is 2.43. The van der Waals surface area contributed by atoms with Crippen molar-refractivity contribution in [2.75, 3.05) is 13.1 Å². The summed E-state index contributed by atoms with van der Waals surface area (Å²) >= 11 is 2.02. The van der Waals surface area contributed by atoms with E-state index in [1.807, 2.05) is 23.0 Å². The van der Waals surface area contributed by atoms with Crippen LogP contribution >= 0.6 is 23.0 Å². The molecule has 2 fully saturated rings. The molecule has 1 heterocycles. The van der Waals surface area contributed by atoms with E-state index < -0.39 is 0 Å². The Kier molecular flexibility index (Phi) is 2.69. The Morgan fingerprint density at radius 3 is 2.36 bits per heavy atom. The molecule has 0 aromatic carbocycles. The van der Waals surface area contributed by atoms with Gasteiger partial charge in [0, 0.05) is 6.04 Å². The number of hydrogen-bond donors (Lipinski definition) is 0. The van der Waals surface area contributed by atoms with E-state index in [0.717, 1.165) is 6.04 Å². The maximum Gasteiger partial charge on any atom is 0.110 e. The molecule has 0 aromatic heterocycles. The SMILES string of the molecule is IOC1CC(N2CCCC2)C1. The van der Waals surface area contributed by atoms with Crippen LogP contribution in [0.3, 0.4) is 0 Å². The van der Waals surface area contributed by atoms with E-state index in [1.165, 1.54) is 38.8 Å². The fourth-order valence-electron chi connectivity index (χ4n) is 2.02. The smallest absolute Gasteiger partial charge is 0.110 e. The second-order valence-electron chi connectivity index (χ2n) is 3.58. The summed E-state index contributed by atoms with van der Waals surface area (Å²) in [5.74, 6) is 0. The molecule has 1 aliphatic heterocycles. The van der Waals surface area contributed by atoms with Crippen LogP contribution in [0.15, 0.2) is 0 Å². The van der Waals surface area contributed by atoms with Crippen molar-refractivity contribution >= 4 is 23.0 Å². The van der Waals surface area contributed by atoms with Gasteiger partial charge in [-0.2, -0.15) is 0 Å². The maximum atomic E-state index is 5.22. The van der Waals surface area contributed by atoms with Gasteiger partial charge in [-0.3, -0.25) is 0 Å². The van der Waals surface area contributed by atoms with Crippen molar-refractivity contribution in [1.82, 2.24) is 4.90 Å². The summed E-state index contributed by atoms with van der Waals surface area (Å²) in [5.41, 5.74) is 0. The van der Waals surface area contributed by atoms with Crippen LogP contribution in [0.25, 0.3) is 0 Å². The lowest BCUT2D eigenvalue weighted by Gasteiger charge is -2.39. The third-order valence-corrected chi connectivity index (χ3v) is 3.57. The number of halogens is 1. The molecule has 0 atom stereocenters. The van der Waals surface area contributed by atoms with Crippen molar-refractivity contribution in [1.29, 1.82) is 0 Å². The lowest BCUT2D eigenvalue weighted by atomic mass is 9.88. The Balaban J connectivity index is 1.73. The first-order valence-corrected chi connectivity index (χ1v) is 5.29. The van der Waals surface area contributed by atoms with Crippen molar-refractivity contribution in [3.05, 3.63) is 0 Å². The summed E-state index contributed by atoms with van der Waals surface area (Å²) in [6.07, 6.45) is 5.91. The van der Waals surface area contributed by atoms with E-state index in [1.54, 1.807) is 0 Å². The third-order valence-electron chi connectivity index (χ3n) is 2.85. The summed E-state index contributed by atoms with van der Waals surface area (Å²) in [6.45, 7) is 2.66. The maximum absolute atomic E-state index is 5.22. The molecule has 0 spiro atoms. The van der Waals surface area contributed by atoms with E-state index in [4.69, 9.17) is 3.07 Å². The number of rotatable bonds is 2. The molecule has 11 heavy (non-hydrogen) atoms. The third kappa shape index (κ3) is 1.70. The summed E-state index contributed by atoms with van der Waals surface area (Å²) < 4.78 is 5.22. The molecule has 0 radical (unpaired) electrons. The van der Waals surface area contributed by atoms with Crippen LogP contribution in [-0.2, 0) is 3.07 Å². The van der Waals surface area contributed by atoms with E-state index in [-0.39, 0.29) is 0 Å². The second-order valence-corrected chi connectivity index (χ2v) is 4.09. The minimum absolute atomic E-state index is 0.557. The Hall–Kier alpha value is 0.650. The van der Waals surface area contributed by atoms with Gasteiger partial charge in [0.1, 0.15) is 23.0 Å². The molecule has 0 amide bonds. The summed E-state index contributed by atoms with van der Waals surface area (Å²) in [4.78, 5) is 2.62. The topological polar surface area (TPSA) is 12.5 Å². The first kappa shape index (κ1) is 8.26. The van der Waals surface area contributed by atoms with Gasteiger partial charge in [-0.25, -0.2) is 0 Å². The highest BCUT2D eigenvalue weighted by Crippen LogP contribution is 2.31. The van der Waals surface area contributed by atoms with Crippen LogP contribution in [0.4, 0.5) is 0 Å². The minimum Gasteiger partial charge on any atom is -0.312 e. The van der Waals surface area contributed by atoms with Crippen molar-refractivity contribution in [3.8, 4) is 0 Å². The molecule has 1 saturated heterocycles. The van der Waals surface area contributed by atoms with Crippen molar-refractivity contribution in [2.45, 2.75) is 37.8 Å². The monoisotopic (exact) mass is 267 g/mol. The molecule has 0 N–H and O–H groups in total. The summed E-state index contributed by atoms with van der Waals surface area (Å²) in [6, 6.07) is 0.859. The molecule has 1 saturated carbocycles. The molecular weight excluding hydrogens is 253 g/mol. The molecule has 2 aliphatic rings. The standard InChI is InChI=1S/C8H14INO/c9-11-8-5-7(6-8)10-3-1-2-4-10/h7-8H,1-6H2. The van der Waals surface area contributed by atoms with E-state index >= 15 is 0 Å². The normalized spacial score (nSPS) is 39.0. The lowest BCUT2D eigenvalue weighted by molar-refractivity contribution is 0.0550. The Morgan fingerprint density at radius 1 is 1.18 bits per heavy atom.